The van der Waals surface area contributed by atoms with Crippen LogP contribution in [0.5, 0.6) is 0 Å². The van der Waals surface area contributed by atoms with Gasteiger partial charge in [0.25, 0.3) is 0 Å². The molecule has 110 valence electrons. The van der Waals surface area contributed by atoms with E-state index < -0.39 is 5.97 Å². The van der Waals surface area contributed by atoms with E-state index in [2.05, 4.69) is 4.98 Å². The highest BCUT2D eigenvalue weighted by atomic mass is 35.5. The molecular formula is C16H10Cl2N2O2. The zero-order valence-electron chi connectivity index (χ0n) is 11.2. The number of benzene rings is 2. The smallest absolute Gasteiger partial charge is 0.338 e. The molecule has 6 heteroatoms. The minimum absolute atomic E-state index is 0.00236. The number of pyridine rings is 1. The largest absolute Gasteiger partial charge is 0.478 e. The molecule has 3 aromatic rings. The van der Waals surface area contributed by atoms with Crippen molar-refractivity contribution in [3.8, 4) is 11.3 Å². The van der Waals surface area contributed by atoms with Crippen LogP contribution in [0.1, 0.15) is 10.4 Å². The molecule has 0 saturated carbocycles. The second-order valence-corrected chi connectivity index (χ2v) is 5.60. The molecule has 2 aromatic carbocycles. The van der Waals surface area contributed by atoms with Crippen LogP contribution >= 0.6 is 23.2 Å². The van der Waals surface area contributed by atoms with Crippen molar-refractivity contribution >= 4 is 45.8 Å². The maximum atomic E-state index is 11.6. The number of aromatic nitrogens is 1. The predicted molar refractivity (Wildman–Crippen MR) is 88.6 cm³/mol. The van der Waals surface area contributed by atoms with Crippen LogP contribution in [0.25, 0.3) is 22.2 Å². The highest BCUT2D eigenvalue weighted by Gasteiger charge is 2.19. The van der Waals surface area contributed by atoms with Gasteiger partial charge in [-0.05, 0) is 30.3 Å². The van der Waals surface area contributed by atoms with E-state index in [1.807, 2.05) is 0 Å². The maximum absolute atomic E-state index is 11.6. The van der Waals surface area contributed by atoms with Gasteiger partial charge in [0.15, 0.2) is 0 Å². The molecule has 0 amide bonds. The minimum Gasteiger partial charge on any atom is -0.478 e. The van der Waals surface area contributed by atoms with E-state index in [-0.39, 0.29) is 11.3 Å². The summed E-state index contributed by atoms with van der Waals surface area (Å²) in [6.45, 7) is 0. The number of hydrogen-bond donors (Lipinski definition) is 2. The topological polar surface area (TPSA) is 76.2 Å². The Morgan fingerprint density at radius 2 is 1.68 bits per heavy atom. The Morgan fingerprint density at radius 3 is 2.32 bits per heavy atom. The first-order valence-corrected chi connectivity index (χ1v) is 7.11. The lowest BCUT2D eigenvalue weighted by atomic mass is 10.0. The number of aromatic carboxylic acids is 1. The van der Waals surface area contributed by atoms with E-state index in [0.717, 1.165) is 0 Å². The highest BCUT2D eigenvalue weighted by Crippen LogP contribution is 2.33. The average molecular weight is 333 g/mol. The van der Waals surface area contributed by atoms with Crippen molar-refractivity contribution in [1.82, 2.24) is 4.98 Å². The second-order valence-electron chi connectivity index (χ2n) is 4.72. The van der Waals surface area contributed by atoms with Crippen molar-refractivity contribution < 1.29 is 9.90 Å². The fourth-order valence-corrected chi connectivity index (χ4v) is 2.61. The van der Waals surface area contributed by atoms with Gasteiger partial charge in [0.1, 0.15) is 0 Å². The Labute approximate surface area is 136 Å². The Bertz CT molecular complexity index is 893. The lowest BCUT2D eigenvalue weighted by molar-refractivity contribution is 0.0700. The summed E-state index contributed by atoms with van der Waals surface area (Å²) in [7, 11) is 0. The van der Waals surface area contributed by atoms with Crippen LogP contribution in [0, 0.1) is 0 Å². The first-order valence-electron chi connectivity index (χ1n) is 6.35. The fourth-order valence-electron chi connectivity index (χ4n) is 2.31. The zero-order valence-corrected chi connectivity index (χ0v) is 12.7. The van der Waals surface area contributed by atoms with Crippen molar-refractivity contribution in [1.29, 1.82) is 0 Å². The molecule has 1 heterocycles. The normalized spacial score (nSPS) is 10.8. The van der Waals surface area contributed by atoms with Gasteiger partial charge in [-0.2, -0.15) is 0 Å². The first kappa shape index (κ1) is 14.6. The van der Waals surface area contributed by atoms with Gasteiger partial charge >= 0.3 is 5.97 Å². The lowest BCUT2D eigenvalue weighted by Crippen LogP contribution is -2.07. The molecule has 0 saturated heterocycles. The molecule has 4 nitrogen and oxygen atoms in total. The lowest BCUT2D eigenvalue weighted by Gasteiger charge is -2.12. The van der Waals surface area contributed by atoms with E-state index in [1.165, 1.54) is 0 Å². The summed E-state index contributed by atoms with van der Waals surface area (Å²) in [5.74, 6) is -1.12. The van der Waals surface area contributed by atoms with Crippen LogP contribution in [0.3, 0.4) is 0 Å². The van der Waals surface area contributed by atoms with Crippen LogP contribution < -0.4 is 5.73 Å². The molecule has 0 aliphatic rings. The van der Waals surface area contributed by atoms with Crippen molar-refractivity contribution in [3.63, 3.8) is 0 Å². The van der Waals surface area contributed by atoms with Crippen molar-refractivity contribution in [2.45, 2.75) is 0 Å². The monoisotopic (exact) mass is 332 g/mol. The Kier molecular flexibility index (Phi) is 3.64. The number of fused-ring (bicyclic) bond motifs is 1. The van der Waals surface area contributed by atoms with Gasteiger partial charge < -0.3 is 10.8 Å². The molecule has 0 unspecified atom stereocenters. The number of anilines is 1. The zero-order chi connectivity index (χ0) is 15.9. The Morgan fingerprint density at radius 1 is 1.05 bits per heavy atom. The number of carboxylic acid groups (broad SMARTS) is 1. The Hall–Kier alpha value is -2.30. The quantitative estimate of drug-likeness (QED) is 0.724. The van der Waals surface area contributed by atoms with Crippen molar-refractivity contribution in [2.75, 3.05) is 5.73 Å². The third-order valence-corrected chi connectivity index (χ3v) is 3.80. The number of hydrogen-bond acceptors (Lipinski definition) is 3. The molecule has 0 atom stereocenters. The van der Waals surface area contributed by atoms with Gasteiger partial charge in [-0.1, -0.05) is 35.3 Å². The molecule has 0 radical (unpaired) electrons. The van der Waals surface area contributed by atoms with E-state index in [9.17, 15) is 9.90 Å². The summed E-state index contributed by atoms with van der Waals surface area (Å²) in [5.41, 5.74) is 7.77. The van der Waals surface area contributed by atoms with Gasteiger partial charge in [-0.3, -0.25) is 0 Å². The molecule has 0 spiro atoms. The number of nitrogens with two attached hydrogens (primary N) is 1. The SMILES string of the molecule is Nc1c(-c2ccc(Cl)cc2)nc2ccc(Cl)cc2c1C(=O)O. The highest BCUT2D eigenvalue weighted by molar-refractivity contribution is 6.31. The molecule has 1 aromatic heterocycles. The van der Waals surface area contributed by atoms with Crippen LogP contribution in [0.2, 0.25) is 10.0 Å². The summed E-state index contributed by atoms with van der Waals surface area (Å²) < 4.78 is 0. The third-order valence-electron chi connectivity index (χ3n) is 3.32. The Balaban J connectivity index is 2.37. The van der Waals surface area contributed by atoms with Gasteiger partial charge in [-0.15, -0.1) is 0 Å². The van der Waals surface area contributed by atoms with Crippen molar-refractivity contribution in [3.05, 3.63) is 58.1 Å². The number of carbonyl (C=O) groups is 1. The number of rotatable bonds is 2. The standard InChI is InChI=1S/C16H10Cl2N2O2/c17-9-3-1-8(2-4-9)15-14(19)13(16(21)22)11-7-10(18)5-6-12(11)20-15/h1-7H,19H2,(H,21,22). The van der Waals surface area contributed by atoms with Gasteiger partial charge in [-0.25, -0.2) is 9.78 Å². The third kappa shape index (κ3) is 2.47. The number of nitrogen functional groups attached to an aromatic ring is 1. The number of carboxylic acids is 1. The first-order chi connectivity index (χ1) is 10.5. The number of nitrogens with zero attached hydrogens (tertiary/aromatic N) is 1. The van der Waals surface area contributed by atoms with E-state index in [4.69, 9.17) is 28.9 Å². The number of halogens is 2. The van der Waals surface area contributed by atoms with Crippen molar-refractivity contribution in [2.24, 2.45) is 0 Å². The maximum Gasteiger partial charge on any atom is 0.338 e. The van der Waals surface area contributed by atoms with Crippen LogP contribution in [0.15, 0.2) is 42.5 Å². The van der Waals surface area contributed by atoms with Gasteiger partial charge in [0.05, 0.1) is 22.5 Å². The van der Waals surface area contributed by atoms with Crippen LogP contribution in [-0.2, 0) is 0 Å². The molecule has 0 bridgehead atoms. The molecule has 3 rings (SSSR count). The summed E-state index contributed by atoms with van der Waals surface area (Å²) >= 11 is 11.8. The van der Waals surface area contributed by atoms with E-state index in [0.29, 0.717) is 32.2 Å². The second kappa shape index (κ2) is 5.48. The molecule has 3 N–H and O–H groups in total. The van der Waals surface area contributed by atoms with E-state index >= 15 is 0 Å². The van der Waals surface area contributed by atoms with Crippen LogP contribution in [-0.4, -0.2) is 16.1 Å². The van der Waals surface area contributed by atoms with Gasteiger partial charge in [0.2, 0.25) is 0 Å². The molecule has 0 fully saturated rings. The average Bonchev–Trinajstić information content (AvgIpc) is 2.47. The predicted octanol–water partition coefficient (Wildman–Crippen LogP) is 4.49. The van der Waals surface area contributed by atoms with Gasteiger partial charge in [0, 0.05) is 21.0 Å². The summed E-state index contributed by atoms with van der Waals surface area (Å²) in [6.07, 6.45) is 0. The summed E-state index contributed by atoms with van der Waals surface area (Å²) in [4.78, 5) is 16.1. The minimum atomic E-state index is -1.12. The molecule has 0 aliphatic carbocycles. The molecule has 0 aliphatic heterocycles. The summed E-state index contributed by atoms with van der Waals surface area (Å²) in [6, 6.07) is 11.8. The molecular weight excluding hydrogens is 323 g/mol. The molecule has 22 heavy (non-hydrogen) atoms. The van der Waals surface area contributed by atoms with E-state index in [1.54, 1.807) is 42.5 Å². The van der Waals surface area contributed by atoms with Crippen LogP contribution in [0.4, 0.5) is 5.69 Å². The fraction of sp³-hybridized carbons (Fsp3) is 0. The summed E-state index contributed by atoms with van der Waals surface area (Å²) in [5, 5.41) is 10.9.